The Kier molecular flexibility index (Phi) is 7.53. The fourth-order valence-electron chi connectivity index (χ4n) is 4.50. The fraction of sp³-hybridized carbons (Fsp3) is 1.00. The Morgan fingerprint density at radius 2 is 1.90 bits per heavy atom. The van der Waals surface area contributed by atoms with E-state index < -0.39 is 0 Å². The van der Waals surface area contributed by atoms with Crippen LogP contribution in [0.1, 0.15) is 72.1 Å². The predicted octanol–water partition coefficient (Wildman–Crippen LogP) is 4.30. The zero-order valence-electron chi connectivity index (χ0n) is 14.7. The summed E-state index contributed by atoms with van der Waals surface area (Å²) in [7, 11) is 0. The highest BCUT2D eigenvalue weighted by Crippen LogP contribution is 2.30. The molecule has 3 atom stereocenters. The Morgan fingerprint density at radius 3 is 2.57 bits per heavy atom. The zero-order valence-corrected chi connectivity index (χ0v) is 14.7. The molecule has 124 valence electrons. The molecular formula is C19H38N2. The van der Waals surface area contributed by atoms with E-state index in [2.05, 4.69) is 31.0 Å². The number of rotatable bonds is 7. The molecule has 2 heteroatoms. The lowest BCUT2D eigenvalue weighted by Crippen LogP contribution is -2.42. The third-order valence-electron chi connectivity index (χ3n) is 5.94. The van der Waals surface area contributed by atoms with Crippen molar-refractivity contribution < 1.29 is 0 Å². The van der Waals surface area contributed by atoms with Gasteiger partial charge in [0.05, 0.1) is 0 Å². The summed E-state index contributed by atoms with van der Waals surface area (Å²) < 4.78 is 0. The fourth-order valence-corrected chi connectivity index (χ4v) is 4.50. The Labute approximate surface area is 133 Å². The maximum absolute atomic E-state index is 3.84. The highest BCUT2D eigenvalue weighted by molar-refractivity contribution is 4.80. The topological polar surface area (TPSA) is 15.3 Å². The molecule has 0 spiro atoms. The Hall–Kier alpha value is -0.0800. The average Bonchev–Trinajstić information content (AvgIpc) is 2.48. The molecule has 3 unspecified atom stereocenters. The SMILES string of the molecule is CCCN1CCC(C(C)NCCC2CCCC(C)C2)CC1. The summed E-state index contributed by atoms with van der Waals surface area (Å²) >= 11 is 0. The van der Waals surface area contributed by atoms with Crippen LogP contribution in [0.5, 0.6) is 0 Å². The number of hydrogen-bond donors (Lipinski definition) is 1. The van der Waals surface area contributed by atoms with Crippen LogP contribution in [0.15, 0.2) is 0 Å². The Morgan fingerprint density at radius 1 is 1.14 bits per heavy atom. The van der Waals surface area contributed by atoms with E-state index in [1.165, 1.54) is 77.5 Å². The number of hydrogen-bond acceptors (Lipinski definition) is 2. The highest BCUT2D eigenvalue weighted by Gasteiger charge is 2.24. The predicted molar refractivity (Wildman–Crippen MR) is 92.7 cm³/mol. The normalized spacial score (nSPS) is 30.4. The van der Waals surface area contributed by atoms with Crippen LogP contribution < -0.4 is 5.32 Å². The molecule has 0 aromatic heterocycles. The first-order valence-electron chi connectivity index (χ1n) is 9.64. The minimum atomic E-state index is 0.717. The second kappa shape index (κ2) is 9.15. The number of piperidine rings is 1. The third kappa shape index (κ3) is 5.90. The molecule has 0 radical (unpaired) electrons. The minimum Gasteiger partial charge on any atom is -0.314 e. The molecule has 1 saturated carbocycles. The standard InChI is InChI=1S/C19H38N2/c1-4-12-21-13-9-19(10-14-21)17(3)20-11-8-18-7-5-6-16(2)15-18/h16-20H,4-15H2,1-3H3. The molecule has 0 bridgehead atoms. The van der Waals surface area contributed by atoms with Crippen molar-refractivity contribution in [2.24, 2.45) is 17.8 Å². The van der Waals surface area contributed by atoms with Gasteiger partial charge in [-0.1, -0.05) is 33.1 Å². The maximum atomic E-state index is 3.84. The summed E-state index contributed by atoms with van der Waals surface area (Å²) in [5, 5.41) is 3.84. The van der Waals surface area contributed by atoms with E-state index in [-0.39, 0.29) is 0 Å². The molecule has 2 nitrogen and oxygen atoms in total. The third-order valence-corrected chi connectivity index (χ3v) is 5.94. The molecule has 2 fully saturated rings. The largest absolute Gasteiger partial charge is 0.314 e. The van der Waals surface area contributed by atoms with Crippen molar-refractivity contribution >= 4 is 0 Å². The monoisotopic (exact) mass is 294 g/mol. The van der Waals surface area contributed by atoms with Crippen molar-refractivity contribution in [1.82, 2.24) is 10.2 Å². The molecule has 2 rings (SSSR count). The molecule has 0 amide bonds. The molecular weight excluding hydrogens is 256 g/mol. The first kappa shape index (κ1) is 17.3. The maximum Gasteiger partial charge on any atom is 0.00679 e. The average molecular weight is 295 g/mol. The second-order valence-electron chi connectivity index (χ2n) is 7.85. The van der Waals surface area contributed by atoms with Gasteiger partial charge in [0.25, 0.3) is 0 Å². The summed E-state index contributed by atoms with van der Waals surface area (Å²) in [4.78, 5) is 2.65. The van der Waals surface area contributed by atoms with Gasteiger partial charge < -0.3 is 10.2 Å². The van der Waals surface area contributed by atoms with Crippen LogP contribution in [0.2, 0.25) is 0 Å². The van der Waals surface area contributed by atoms with Crippen LogP contribution in [0, 0.1) is 17.8 Å². The lowest BCUT2D eigenvalue weighted by atomic mass is 9.81. The van der Waals surface area contributed by atoms with E-state index in [1.807, 2.05) is 0 Å². The molecule has 1 N–H and O–H groups in total. The second-order valence-corrected chi connectivity index (χ2v) is 7.85. The summed E-state index contributed by atoms with van der Waals surface area (Å²) in [6, 6.07) is 0.717. The van der Waals surface area contributed by atoms with Crippen LogP contribution >= 0.6 is 0 Å². The van der Waals surface area contributed by atoms with Gasteiger partial charge >= 0.3 is 0 Å². The van der Waals surface area contributed by atoms with E-state index in [0.29, 0.717) is 0 Å². The smallest absolute Gasteiger partial charge is 0.00679 e. The number of nitrogens with zero attached hydrogens (tertiary/aromatic N) is 1. The molecule has 1 saturated heterocycles. The number of nitrogens with one attached hydrogen (secondary N) is 1. The summed E-state index contributed by atoms with van der Waals surface area (Å²) in [5.74, 6) is 2.88. The van der Waals surface area contributed by atoms with Crippen LogP contribution in [0.4, 0.5) is 0 Å². The molecule has 0 aromatic carbocycles. The van der Waals surface area contributed by atoms with Crippen LogP contribution in [-0.4, -0.2) is 37.1 Å². The van der Waals surface area contributed by atoms with Crippen LogP contribution in [0.3, 0.4) is 0 Å². The lowest BCUT2D eigenvalue weighted by Gasteiger charge is -2.35. The summed E-state index contributed by atoms with van der Waals surface area (Å²) in [5.41, 5.74) is 0. The van der Waals surface area contributed by atoms with Gasteiger partial charge in [-0.25, -0.2) is 0 Å². The zero-order chi connectivity index (χ0) is 15.1. The van der Waals surface area contributed by atoms with E-state index in [1.54, 1.807) is 0 Å². The van der Waals surface area contributed by atoms with Gasteiger partial charge in [-0.3, -0.25) is 0 Å². The van der Waals surface area contributed by atoms with Gasteiger partial charge in [-0.2, -0.15) is 0 Å². The van der Waals surface area contributed by atoms with Crippen molar-refractivity contribution in [2.45, 2.75) is 78.2 Å². The van der Waals surface area contributed by atoms with Crippen molar-refractivity contribution in [3.05, 3.63) is 0 Å². The molecule has 21 heavy (non-hydrogen) atoms. The van der Waals surface area contributed by atoms with Crippen LogP contribution in [-0.2, 0) is 0 Å². The van der Waals surface area contributed by atoms with E-state index in [0.717, 1.165) is 23.8 Å². The molecule has 0 aromatic rings. The molecule has 1 aliphatic heterocycles. The van der Waals surface area contributed by atoms with Gasteiger partial charge in [-0.05, 0) is 83.0 Å². The molecule has 1 aliphatic carbocycles. The first-order valence-corrected chi connectivity index (χ1v) is 9.64. The molecule has 1 heterocycles. The quantitative estimate of drug-likeness (QED) is 0.753. The van der Waals surface area contributed by atoms with Gasteiger partial charge in [0.1, 0.15) is 0 Å². The van der Waals surface area contributed by atoms with Crippen molar-refractivity contribution in [3.63, 3.8) is 0 Å². The Bertz CT molecular complexity index is 271. The van der Waals surface area contributed by atoms with E-state index in [4.69, 9.17) is 0 Å². The van der Waals surface area contributed by atoms with Crippen LogP contribution in [0.25, 0.3) is 0 Å². The van der Waals surface area contributed by atoms with Gasteiger partial charge in [0, 0.05) is 6.04 Å². The van der Waals surface area contributed by atoms with E-state index in [9.17, 15) is 0 Å². The lowest BCUT2D eigenvalue weighted by molar-refractivity contribution is 0.161. The van der Waals surface area contributed by atoms with Gasteiger partial charge in [0.2, 0.25) is 0 Å². The van der Waals surface area contributed by atoms with Gasteiger partial charge in [0.15, 0.2) is 0 Å². The van der Waals surface area contributed by atoms with E-state index >= 15 is 0 Å². The van der Waals surface area contributed by atoms with Crippen molar-refractivity contribution in [3.8, 4) is 0 Å². The molecule has 2 aliphatic rings. The first-order chi connectivity index (χ1) is 10.2. The highest BCUT2D eigenvalue weighted by atomic mass is 15.1. The van der Waals surface area contributed by atoms with Crippen molar-refractivity contribution in [1.29, 1.82) is 0 Å². The summed E-state index contributed by atoms with van der Waals surface area (Å²) in [6.07, 6.45) is 11.4. The Balaban J connectivity index is 1.58. The minimum absolute atomic E-state index is 0.717. The van der Waals surface area contributed by atoms with Gasteiger partial charge in [-0.15, -0.1) is 0 Å². The number of likely N-dealkylation sites (tertiary alicyclic amines) is 1. The van der Waals surface area contributed by atoms with Crippen molar-refractivity contribution in [2.75, 3.05) is 26.2 Å². The summed E-state index contributed by atoms with van der Waals surface area (Å²) in [6.45, 7) is 12.3.